The molecule has 0 spiro atoms. The minimum Gasteiger partial charge on any atom is -0.438 e. The van der Waals surface area contributed by atoms with Crippen molar-refractivity contribution < 1.29 is 4.74 Å². The van der Waals surface area contributed by atoms with Gasteiger partial charge in [-0.1, -0.05) is 25.5 Å². The molecule has 4 heteroatoms. The number of hydrogen-bond donors (Lipinski definition) is 1. The molecular weight excluding hydrogens is 262 g/mol. The summed E-state index contributed by atoms with van der Waals surface area (Å²) in [6.45, 7) is 9.13. The summed E-state index contributed by atoms with van der Waals surface area (Å²) in [4.78, 5) is 8.66. The molecule has 4 nitrogen and oxygen atoms in total. The Morgan fingerprint density at radius 2 is 1.95 bits per heavy atom. The van der Waals surface area contributed by atoms with Crippen molar-refractivity contribution in [2.24, 2.45) is 0 Å². The second kappa shape index (κ2) is 7.07. The van der Waals surface area contributed by atoms with Gasteiger partial charge in [-0.25, -0.2) is 9.97 Å². The number of nitrogens with zero attached hydrogens (tertiary/aromatic N) is 2. The lowest BCUT2D eigenvalue weighted by atomic mass is 10.1. The van der Waals surface area contributed by atoms with E-state index < -0.39 is 0 Å². The van der Waals surface area contributed by atoms with Gasteiger partial charge in [0.25, 0.3) is 0 Å². The second-order valence-corrected chi connectivity index (χ2v) is 5.16. The Kier molecular flexibility index (Phi) is 5.14. The first-order valence-electron chi connectivity index (χ1n) is 7.48. The van der Waals surface area contributed by atoms with Crippen LogP contribution in [0.2, 0.25) is 0 Å². The molecule has 1 heterocycles. The van der Waals surface area contributed by atoms with Crippen LogP contribution in [-0.2, 0) is 6.42 Å². The van der Waals surface area contributed by atoms with E-state index in [1.54, 1.807) is 6.33 Å². The van der Waals surface area contributed by atoms with Gasteiger partial charge in [0.05, 0.1) is 5.56 Å². The van der Waals surface area contributed by atoms with Gasteiger partial charge in [0.15, 0.2) is 0 Å². The van der Waals surface area contributed by atoms with Crippen LogP contribution in [0.3, 0.4) is 0 Å². The zero-order valence-electron chi connectivity index (χ0n) is 13.2. The highest BCUT2D eigenvalue weighted by molar-refractivity contribution is 5.50. The molecule has 0 unspecified atom stereocenters. The number of benzene rings is 1. The van der Waals surface area contributed by atoms with Gasteiger partial charge >= 0.3 is 0 Å². The van der Waals surface area contributed by atoms with E-state index in [9.17, 15) is 0 Å². The fraction of sp³-hybridized carbons (Fsp3) is 0.412. The maximum absolute atomic E-state index is 6.07. The number of hydrogen-bond acceptors (Lipinski definition) is 4. The molecule has 0 aliphatic heterocycles. The Morgan fingerprint density at radius 3 is 2.67 bits per heavy atom. The van der Waals surface area contributed by atoms with Crippen LogP contribution in [-0.4, -0.2) is 16.5 Å². The molecule has 2 aromatic rings. The van der Waals surface area contributed by atoms with Crippen LogP contribution in [0.5, 0.6) is 11.6 Å². The van der Waals surface area contributed by atoms with E-state index in [-0.39, 0.29) is 0 Å². The Balaban J connectivity index is 2.38. The summed E-state index contributed by atoms with van der Waals surface area (Å²) in [5, 5.41) is 3.28. The van der Waals surface area contributed by atoms with E-state index in [0.717, 1.165) is 42.1 Å². The molecule has 0 radical (unpaired) electrons. The lowest BCUT2D eigenvalue weighted by Gasteiger charge is -2.15. The molecule has 0 saturated heterocycles. The average Bonchev–Trinajstić information content (AvgIpc) is 2.46. The molecule has 1 aromatic carbocycles. The smallest absolute Gasteiger partial charge is 0.227 e. The van der Waals surface area contributed by atoms with Crippen LogP contribution in [0.1, 0.15) is 37.0 Å². The Hall–Kier alpha value is -2.10. The van der Waals surface area contributed by atoms with E-state index in [1.165, 1.54) is 5.56 Å². The second-order valence-electron chi connectivity index (χ2n) is 5.16. The van der Waals surface area contributed by atoms with Crippen LogP contribution < -0.4 is 10.1 Å². The lowest BCUT2D eigenvalue weighted by molar-refractivity contribution is 0.451. The number of nitrogens with one attached hydrogen (secondary N) is 1. The average molecular weight is 285 g/mol. The summed E-state index contributed by atoms with van der Waals surface area (Å²) in [5.41, 5.74) is 3.32. The van der Waals surface area contributed by atoms with Crippen LogP contribution in [0.4, 0.5) is 5.82 Å². The predicted octanol–water partition coefficient (Wildman–Crippen LogP) is 4.27. The lowest BCUT2D eigenvalue weighted by Crippen LogP contribution is -2.06. The minimum atomic E-state index is 0.650. The summed E-state index contributed by atoms with van der Waals surface area (Å²) in [5.74, 6) is 2.37. The minimum absolute atomic E-state index is 0.650. The predicted molar refractivity (Wildman–Crippen MR) is 86.2 cm³/mol. The van der Waals surface area contributed by atoms with Gasteiger partial charge in [0.2, 0.25) is 5.88 Å². The van der Waals surface area contributed by atoms with E-state index >= 15 is 0 Å². The third kappa shape index (κ3) is 3.72. The zero-order chi connectivity index (χ0) is 15.2. The first-order chi connectivity index (χ1) is 10.2. The van der Waals surface area contributed by atoms with Crippen molar-refractivity contribution in [2.75, 3.05) is 11.9 Å². The van der Waals surface area contributed by atoms with Crippen LogP contribution in [0, 0.1) is 13.8 Å². The molecule has 0 amide bonds. The summed E-state index contributed by atoms with van der Waals surface area (Å²) in [6.07, 6.45) is 3.47. The quantitative estimate of drug-likeness (QED) is 0.861. The van der Waals surface area contributed by atoms with Gasteiger partial charge < -0.3 is 10.1 Å². The standard InChI is InChI=1S/C17H23N3O/c1-5-7-14-16(18-6-2)19-11-20-17(14)21-15-10-12(3)8-9-13(15)4/h8-11H,5-7H2,1-4H3,(H,18,19,20). The number of anilines is 1. The highest BCUT2D eigenvalue weighted by atomic mass is 16.5. The van der Waals surface area contributed by atoms with Crippen molar-refractivity contribution in [2.45, 2.75) is 40.5 Å². The Labute approximate surface area is 126 Å². The maximum Gasteiger partial charge on any atom is 0.227 e. The first-order valence-corrected chi connectivity index (χ1v) is 7.48. The monoisotopic (exact) mass is 285 g/mol. The van der Waals surface area contributed by atoms with Crippen molar-refractivity contribution >= 4 is 5.82 Å². The van der Waals surface area contributed by atoms with Crippen LogP contribution in [0.25, 0.3) is 0 Å². The van der Waals surface area contributed by atoms with Crippen LogP contribution >= 0.6 is 0 Å². The molecule has 21 heavy (non-hydrogen) atoms. The number of aryl methyl sites for hydroxylation is 2. The van der Waals surface area contributed by atoms with E-state index in [2.05, 4.69) is 48.2 Å². The fourth-order valence-electron chi connectivity index (χ4n) is 2.20. The van der Waals surface area contributed by atoms with Crippen molar-refractivity contribution in [3.63, 3.8) is 0 Å². The maximum atomic E-state index is 6.07. The molecule has 0 bridgehead atoms. The first kappa shape index (κ1) is 15.3. The molecule has 0 aliphatic carbocycles. The summed E-state index contributed by atoms with van der Waals surface area (Å²) < 4.78 is 6.07. The fourth-order valence-corrected chi connectivity index (χ4v) is 2.20. The topological polar surface area (TPSA) is 47.0 Å². The number of ether oxygens (including phenoxy) is 1. The molecule has 1 aromatic heterocycles. The normalized spacial score (nSPS) is 10.5. The molecule has 0 atom stereocenters. The summed E-state index contributed by atoms with van der Waals surface area (Å²) >= 11 is 0. The third-order valence-electron chi connectivity index (χ3n) is 3.30. The molecular formula is C17H23N3O. The molecule has 0 saturated carbocycles. The summed E-state index contributed by atoms with van der Waals surface area (Å²) in [7, 11) is 0. The van der Waals surface area contributed by atoms with Gasteiger partial charge in [-0.2, -0.15) is 0 Å². The van der Waals surface area contributed by atoms with Gasteiger partial charge in [-0.3, -0.25) is 0 Å². The Bertz CT molecular complexity index is 611. The van der Waals surface area contributed by atoms with E-state index in [0.29, 0.717) is 5.88 Å². The SMILES string of the molecule is CCCc1c(NCC)ncnc1Oc1cc(C)ccc1C. The summed E-state index contributed by atoms with van der Waals surface area (Å²) in [6, 6.07) is 6.19. The van der Waals surface area contributed by atoms with Gasteiger partial charge in [0, 0.05) is 6.54 Å². The van der Waals surface area contributed by atoms with Crippen molar-refractivity contribution in [1.82, 2.24) is 9.97 Å². The van der Waals surface area contributed by atoms with E-state index in [4.69, 9.17) is 4.74 Å². The van der Waals surface area contributed by atoms with Gasteiger partial charge in [-0.05, 0) is 44.4 Å². The van der Waals surface area contributed by atoms with E-state index in [1.807, 2.05) is 13.0 Å². The highest BCUT2D eigenvalue weighted by Crippen LogP contribution is 2.30. The molecule has 1 N–H and O–H groups in total. The van der Waals surface area contributed by atoms with Gasteiger partial charge in [-0.15, -0.1) is 0 Å². The number of aromatic nitrogens is 2. The number of rotatable bonds is 6. The molecule has 0 aliphatic rings. The molecule has 0 fully saturated rings. The van der Waals surface area contributed by atoms with Crippen molar-refractivity contribution in [3.05, 3.63) is 41.2 Å². The molecule has 2 rings (SSSR count). The largest absolute Gasteiger partial charge is 0.438 e. The zero-order valence-corrected chi connectivity index (χ0v) is 13.2. The Morgan fingerprint density at radius 1 is 1.14 bits per heavy atom. The van der Waals surface area contributed by atoms with Crippen molar-refractivity contribution in [1.29, 1.82) is 0 Å². The van der Waals surface area contributed by atoms with Gasteiger partial charge in [0.1, 0.15) is 17.9 Å². The highest BCUT2D eigenvalue weighted by Gasteiger charge is 2.13. The third-order valence-corrected chi connectivity index (χ3v) is 3.30. The van der Waals surface area contributed by atoms with Crippen LogP contribution in [0.15, 0.2) is 24.5 Å². The molecule has 112 valence electrons. The van der Waals surface area contributed by atoms with Crippen molar-refractivity contribution in [3.8, 4) is 11.6 Å².